The predicted octanol–water partition coefficient (Wildman–Crippen LogP) is 7.71. The van der Waals surface area contributed by atoms with Crippen LogP contribution in [-0.2, 0) is 26.8 Å². The molecule has 0 atom stereocenters. The number of anilines is 3. The van der Waals surface area contributed by atoms with Crippen molar-refractivity contribution in [3.63, 3.8) is 0 Å². The molecule has 3 aliphatic heterocycles. The van der Waals surface area contributed by atoms with Gasteiger partial charge in [0.25, 0.3) is 0 Å². The maximum atomic E-state index is 12.0. The molecule has 0 radical (unpaired) electrons. The van der Waals surface area contributed by atoms with Crippen LogP contribution in [-0.4, -0.2) is 54.6 Å². The molecule has 242 valence electrons. The standard InChI is InChI=1S/C25H29ClN4O2.C11H12ClNO/c1-25(2)16-22(31)27-23-19(25)14-17(15-20(23)26)6-5-9-29-10-12-30(13-11-29)24-18-7-3-4-8-21(18)32-28-24;1-11(2)7-10(14)13(12)9-6-4-3-5-8(9)11/h3-4,7-8,14-15H,5-6,9-13,16H2,1-2H3,(H,27,31);3-6H,7H2,1-2H3. The minimum absolute atomic E-state index is 0.0321. The van der Waals surface area contributed by atoms with Gasteiger partial charge in [0.05, 0.1) is 21.8 Å². The fourth-order valence-electron chi connectivity index (χ4n) is 6.83. The van der Waals surface area contributed by atoms with E-state index < -0.39 is 0 Å². The number of aryl methyl sites for hydroxylation is 1. The Morgan fingerprint density at radius 3 is 2.37 bits per heavy atom. The Morgan fingerprint density at radius 1 is 0.891 bits per heavy atom. The summed E-state index contributed by atoms with van der Waals surface area (Å²) in [7, 11) is 0. The zero-order valence-electron chi connectivity index (χ0n) is 26.9. The summed E-state index contributed by atoms with van der Waals surface area (Å²) in [6.07, 6.45) is 3.01. The molecule has 0 bridgehead atoms. The van der Waals surface area contributed by atoms with Crippen LogP contribution in [0.15, 0.2) is 65.2 Å². The molecule has 1 fully saturated rings. The molecule has 3 aromatic carbocycles. The van der Waals surface area contributed by atoms with E-state index in [0.717, 1.165) is 84.9 Å². The highest BCUT2D eigenvalue weighted by molar-refractivity contribution is 6.37. The van der Waals surface area contributed by atoms with E-state index in [9.17, 15) is 9.59 Å². The highest BCUT2D eigenvalue weighted by Crippen LogP contribution is 2.42. The van der Waals surface area contributed by atoms with Gasteiger partial charge < -0.3 is 14.7 Å². The number of nitrogens with one attached hydrogen (secondary N) is 1. The number of amides is 2. The van der Waals surface area contributed by atoms with Crippen LogP contribution < -0.4 is 14.6 Å². The molecule has 7 rings (SSSR count). The second-order valence-corrected chi connectivity index (χ2v) is 14.5. The van der Waals surface area contributed by atoms with Gasteiger partial charge in [-0.25, -0.2) is 4.42 Å². The Bertz CT molecular complexity index is 1760. The van der Waals surface area contributed by atoms with Crippen molar-refractivity contribution in [3.05, 3.63) is 82.4 Å². The van der Waals surface area contributed by atoms with Gasteiger partial charge in [0.1, 0.15) is 0 Å². The number of para-hydroxylation sites is 2. The van der Waals surface area contributed by atoms with Gasteiger partial charge in [0, 0.05) is 61.6 Å². The third kappa shape index (κ3) is 6.61. The summed E-state index contributed by atoms with van der Waals surface area (Å²) in [5, 5.41) is 8.98. The highest BCUT2D eigenvalue weighted by Gasteiger charge is 2.36. The number of fused-ring (bicyclic) bond motifs is 3. The number of nitrogens with zero attached hydrogens (tertiary/aromatic N) is 4. The van der Waals surface area contributed by atoms with Gasteiger partial charge in [-0.05, 0) is 60.3 Å². The van der Waals surface area contributed by atoms with Crippen LogP contribution in [0.25, 0.3) is 11.0 Å². The number of benzene rings is 3. The van der Waals surface area contributed by atoms with Crippen molar-refractivity contribution >= 4 is 63.4 Å². The molecule has 4 aromatic rings. The van der Waals surface area contributed by atoms with Gasteiger partial charge in [0.2, 0.25) is 11.8 Å². The zero-order chi connectivity index (χ0) is 32.6. The first-order valence-corrected chi connectivity index (χ1v) is 16.7. The number of hydrogen-bond donors (Lipinski definition) is 1. The Balaban J connectivity index is 0.000000221. The fraction of sp³-hybridized carbons (Fsp3) is 0.417. The Morgan fingerprint density at radius 2 is 1.59 bits per heavy atom. The number of piperazine rings is 1. The van der Waals surface area contributed by atoms with E-state index in [4.69, 9.17) is 27.9 Å². The third-order valence-electron chi connectivity index (χ3n) is 9.37. The Hall–Kier alpha value is -3.59. The van der Waals surface area contributed by atoms with Crippen molar-refractivity contribution in [3.8, 4) is 0 Å². The average molecular weight is 663 g/mol. The number of rotatable bonds is 5. The summed E-state index contributed by atoms with van der Waals surface area (Å²) in [5.74, 6) is 0.962. The van der Waals surface area contributed by atoms with Crippen molar-refractivity contribution in [2.45, 2.75) is 64.2 Å². The molecule has 0 spiro atoms. The van der Waals surface area contributed by atoms with Crippen molar-refractivity contribution in [2.24, 2.45) is 0 Å². The van der Waals surface area contributed by atoms with Crippen molar-refractivity contribution in [2.75, 3.05) is 47.4 Å². The van der Waals surface area contributed by atoms with E-state index in [0.29, 0.717) is 17.9 Å². The maximum absolute atomic E-state index is 12.0. The number of carbonyl (C=O) groups is 2. The molecule has 0 aliphatic carbocycles. The lowest BCUT2D eigenvalue weighted by atomic mass is 9.77. The predicted molar refractivity (Wildman–Crippen MR) is 186 cm³/mol. The fourth-order valence-corrected chi connectivity index (χ4v) is 7.33. The van der Waals surface area contributed by atoms with Gasteiger partial charge in [-0.2, -0.15) is 0 Å². The molecule has 8 nitrogen and oxygen atoms in total. The first-order chi connectivity index (χ1) is 21.9. The molecular formula is C36H41Cl2N5O3. The van der Waals surface area contributed by atoms with Crippen LogP contribution in [0.3, 0.4) is 0 Å². The van der Waals surface area contributed by atoms with E-state index >= 15 is 0 Å². The van der Waals surface area contributed by atoms with Crippen molar-refractivity contribution in [1.82, 2.24) is 10.1 Å². The molecule has 1 aromatic heterocycles. The number of hydrogen-bond acceptors (Lipinski definition) is 6. The SMILES string of the molecule is CC1(C)CC(=O)N(Cl)c2ccccc21.CC1(C)CC(=O)Nc2c(Cl)cc(CCCN3CCN(c4noc5ccccc45)CC3)cc21. The van der Waals surface area contributed by atoms with E-state index in [1.54, 1.807) is 0 Å². The first-order valence-electron chi connectivity index (χ1n) is 16.0. The van der Waals surface area contributed by atoms with E-state index in [-0.39, 0.29) is 22.6 Å². The number of halogens is 2. The van der Waals surface area contributed by atoms with E-state index in [1.165, 1.54) is 9.98 Å². The van der Waals surface area contributed by atoms with Crippen molar-refractivity contribution < 1.29 is 14.1 Å². The second-order valence-electron chi connectivity index (χ2n) is 13.8. The first kappa shape index (κ1) is 32.4. The lowest BCUT2D eigenvalue weighted by Crippen LogP contribution is -2.46. The second kappa shape index (κ2) is 12.9. The van der Waals surface area contributed by atoms with Crippen LogP contribution in [0, 0.1) is 0 Å². The van der Waals surface area contributed by atoms with Crippen LogP contribution >= 0.6 is 23.4 Å². The summed E-state index contributed by atoms with van der Waals surface area (Å²) in [6, 6.07) is 20.0. The van der Waals surface area contributed by atoms with Crippen LogP contribution in [0.1, 0.15) is 63.6 Å². The number of aromatic nitrogens is 1. The van der Waals surface area contributed by atoms with Gasteiger partial charge in [-0.15, -0.1) is 0 Å². The quantitative estimate of drug-likeness (QED) is 0.221. The molecular weight excluding hydrogens is 621 g/mol. The van der Waals surface area contributed by atoms with Gasteiger partial charge in [0.15, 0.2) is 11.4 Å². The molecule has 2 amide bonds. The molecule has 0 saturated carbocycles. The normalized spacial score (nSPS) is 18.8. The molecule has 3 aliphatic rings. The van der Waals surface area contributed by atoms with Crippen LogP contribution in [0.2, 0.25) is 5.02 Å². The largest absolute Gasteiger partial charge is 0.354 e. The summed E-state index contributed by atoms with van der Waals surface area (Å²) in [5.41, 5.74) is 5.66. The lowest BCUT2D eigenvalue weighted by Gasteiger charge is -2.35. The van der Waals surface area contributed by atoms with Gasteiger partial charge in [-0.1, -0.05) is 80.9 Å². The molecule has 1 N–H and O–H groups in total. The van der Waals surface area contributed by atoms with E-state index in [1.807, 2.05) is 48.5 Å². The molecule has 46 heavy (non-hydrogen) atoms. The monoisotopic (exact) mass is 661 g/mol. The van der Waals surface area contributed by atoms with Gasteiger partial charge >= 0.3 is 0 Å². The minimum atomic E-state index is -0.195. The Labute approximate surface area is 280 Å². The van der Waals surface area contributed by atoms with Crippen LogP contribution in [0.5, 0.6) is 0 Å². The lowest BCUT2D eigenvalue weighted by molar-refractivity contribution is -0.119. The minimum Gasteiger partial charge on any atom is -0.354 e. The third-order valence-corrected chi connectivity index (χ3v) is 10.0. The average Bonchev–Trinajstić information content (AvgIpc) is 3.45. The molecule has 1 saturated heterocycles. The van der Waals surface area contributed by atoms with Gasteiger partial charge in [-0.3, -0.25) is 14.5 Å². The molecule has 0 unspecified atom stereocenters. The van der Waals surface area contributed by atoms with E-state index in [2.05, 4.69) is 60.1 Å². The summed E-state index contributed by atoms with van der Waals surface area (Å²) >= 11 is 12.4. The summed E-state index contributed by atoms with van der Waals surface area (Å²) in [6.45, 7) is 13.4. The highest BCUT2D eigenvalue weighted by atomic mass is 35.5. The van der Waals surface area contributed by atoms with Crippen molar-refractivity contribution in [1.29, 1.82) is 0 Å². The molecule has 4 heterocycles. The number of carbonyl (C=O) groups excluding carboxylic acids is 2. The van der Waals surface area contributed by atoms with Crippen LogP contribution in [0.4, 0.5) is 17.2 Å². The smallest absolute Gasteiger partial charge is 0.242 e. The summed E-state index contributed by atoms with van der Waals surface area (Å²) < 4.78 is 6.70. The molecule has 10 heteroatoms. The zero-order valence-corrected chi connectivity index (χ0v) is 28.4. The topological polar surface area (TPSA) is 81.9 Å². The summed E-state index contributed by atoms with van der Waals surface area (Å²) in [4.78, 5) is 28.4. The maximum Gasteiger partial charge on any atom is 0.242 e. The Kier molecular flexibility index (Phi) is 9.07.